The van der Waals surface area contributed by atoms with Crippen molar-refractivity contribution in [2.24, 2.45) is 0 Å². The first-order valence-corrected chi connectivity index (χ1v) is 12.1. The van der Waals surface area contributed by atoms with Crippen LogP contribution in [0.15, 0.2) is 70.0 Å². The molecule has 0 heterocycles. The van der Waals surface area contributed by atoms with E-state index in [2.05, 4.69) is 21.2 Å². The van der Waals surface area contributed by atoms with Gasteiger partial charge in [0.25, 0.3) is 10.0 Å². The molecular formula is C23H22BrClN2O3S. The topological polar surface area (TPSA) is 66.5 Å². The highest BCUT2D eigenvalue weighted by Gasteiger charge is 2.28. The summed E-state index contributed by atoms with van der Waals surface area (Å²) in [5.41, 5.74) is 3.64. The zero-order valence-electron chi connectivity index (χ0n) is 17.3. The minimum Gasteiger partial charge on any atom is -0.324 e. The molecule has 0 aliphatic carbocycles. The molecule has 1 amide bonds. The van der Waals surface area contributed by atoms with E-state index in [4.69, 9.17) is 11.6 Å². The Kier molecular flexibility index (Phi) is 7.09. The van der Waals surface area contributed by atoms with Gasteiger partial charge in [0.15, 0.2) is 0 Å². The Morgan fingerprint density at radius 1 is 0.968 bits per heavy atom. The van der Waals surface area contributed by atoms with Crippen molar-refractivity contribution in [2.75, 3.05) is 16.2 Å². The monoisotopic (exact) mass is 520 g/mol. The molecule has 0 saturated heterocycles. The number of carbonyl (C=O) groups is 1. The van der Waals surface area contributed by atoms with Gasteiger partial charge in [-0.25, -0.2) is 8.42 Å². The molecule has 0 fully saturated rings. The summed E-state index contributed by atoms with van der Waals surface area (Å²) in [5, 5.41) is 3.16. The van der Waals surface area contributed by atoms with E-state index in [0.29, 0.717) is 20.9 Å². The SMILES string of the molecule is Cc1ccc(S(=O)(=O)N(CC(=O)Nc2ccc(Br)c(Cl)c2)c2ccc(C)cc2C)cc1. The van der Waals surface area contributed by atoms with E-state index in [1.54, 1.807) is 48.5 Å². The zero-order chi connectivity index (χ0) is 22.8. The van der Waals surface area contributed by atoms with Gasteiger partial charge >= 0.3 is 0 Å². The lowest BCUT2D eigenvalue weighted by atomic mass is 10.1. The number of anilines is 2. The van der Waals surface area contributed by atoms with Gasteiger partial charge in [-0.1, -0.05) is 47.0 Å². The molecule has 3 aromatic carbocycles. The predicted molar refractivity (Wildman–Crippen MR) is 129 cm³/mol. The minimum atomic E-state index is -3.97. The Labute approximate surface area is 196 Å². The third-order valence-corrected chi connectivity index (χ3v) is 7.73. The highest BCUT2D eigenvalue weighted by Crippen LogP contribution is 2.29. The third-order valence-electron chi connectivity index (χ3n) is 4.72. The number of benzene rings is 3. The van der Waals surface area contributed by atoms with Crippen LogP contribution in [-0.4, -0.2) is 20.9 Å². The van der Waals surface area contributed by atoms with E-state index >= 15 is 0 Å². The van der Waals surface area contributed by atoms with Gasteiger partial charge in [-0.05, 0) is 78.7 Å². The highest BCUT2D eigenvalue weighted by atomic mass is 79.9. The summed E-state index contributed by atoms with van der Waals surface area (Å²) in [6.45, 7) is 5.26. The summed E-state index contributed by atoms with van der Waals surface area (Å²) in [6, 6.07) is 17.0. The molecule has 0 unspecified atom stereocenters. The van der Waals surface area contributed by atoms with Crippen LogP contribution in [0.2, 0.25) is 5.02 Å². The first kappa shape index (κ1) is 23.3. The minimum absolute atomic E-state index is 0.123. The fourth-order valence-corrected chi connectivity index (χ4v) is 5.04. The Balaban J connectivity index is 1.98. The normalized spacial score (nSPS) is 11.3. The van der Waals surface area contributed by atoms with Crippen LogP contribution in [0.5, 0.6) is 0 Å². The van der Waals surface area contributed by atoms with Crippen LogP contribution in [0.25, 0.3) is 0 Å². The molecule has 0 saturated carbocycles. The first-order valence-electron chi connectivity index (χ1n) is 9.49. The maximum atomic E-state index is 13.5. The highest BCUT2D eigenvalue weighted by molar-refractivity contribution is 9.10. The van der Waals surface area contributed by atoms with Gasteiger partial charge in [-0.15, -0.1) is 0 Å². The predicted octanol–water partition coefficient (Wildman–Crippen LogP) is 5.86. The number of nitrogens with one attached hydrogen (secondary N) is 1. The van der Waals surface area contributed by atoms with E-state index in [1.165, 1.54) is 0 Å². The van der Waals surface area contributed by atoms with Gasteiger partial charge in [-0.3, -0.25) is 9.10 Å². The quantitative estimate of drug-likeness (QED) is 0.442. The van der Waals surface area contributed by atoms with E-state index in [0.717, 1.165) is 21.0 Å². The lowest BCUT2D eigenvalue weighted by Gasteiger charge is -2.26. The molecule has 0 aliphatic rings. The largest absolute Gasteiger partial charge is 0.324 e. The number of nitrogens with zero attached hydrogens (tertiary/aromatic N) is 1. The maximum absolute atomic E-state index is 13.5. The van der Waals surface area contributed by atoms with Crippen molar-refractivity contribution in [3.63, 3.8) is 0 Å². The van der Waals surface area contributed by atoms with Crippen LogP contribution in [0, 0.1) is 20.8 Å². The molecule has 3 rings (SSSR count). The summed E-state index contributed by atoms with van der Waals surface area (Å²) >= 11 is 9.40. The smallest absolute Gasteiger partial charge is 0.264 e. The number of rotatable bonds is 6. The number of hydrogen-bond acceptors (Lipinski definition) is 3. The van der Waals surface area contributed by atoms with Crippen molar-refractivity contribution in [2.45, 2.75) is 25.7 Å². The number of halogens is 2. The molecule has 1 N–H and O–H groups in total. The summed E-state index contributed by atoms with van der Waals surface area (Å²) in [4.78, 5) is 13.0. The van der Waals surface area contributed by atoms with Crippen molar-refractivity contribution < 1.29 is 13.2 Å². The Hall–Kier alpha value is -2.35. The summed E-state index contributed by atoms with van der Waals surface area (Å²) in [5.74, 6) is -0.478. The van der Waals surface area contributed by atoms with Crippen molar-refractivity contribution >= 4 is 54.8 Å². The van der Waals surface area contributed by atoms with E-state index in [9.17, 15) is 13.2 Å². The van der Waals surface area contributed by atoms with Gasteiger partial charge in [0.1, 0.15) is 6.54 Å². The third kappa shape index (κ3) is 5.47. The Bertz CT molecular complexity index is 1230. The molecule has 162 valence electrons. The molecule has 0 radical (unpaired) electrons. The maximum Gasteiger partial charge on any atom is 0.264 e. The standard InChI is InChI=1S/C23H22BrClN2O3S/c1-15-4-8-19(9-5-15)31(29,30)27(22-11-6-16(2)12-17(22)3)14-23(28)26-18-7-10-20(24)21(25)13-18/h4-13H,14H2,1-3H3,(H,26,28). The van der Waals surface area contributed by atoms with Crippen LogP contribution in [0.4, 0.5) is 11.4 Å². The molecule has 8 heteroatoms. The van der Waals surface area contributed by atoms with Crippen molar-refractivity contribution in [3.05, 3.63) is 86.8 Å². The fourth-order valence-electron chi connectivity index (χ4n) is 3.13. The van der Waals surface area contributed by atoms with Crippen LogP contribution in [0.1, 0.15) is 16.7 Å². The van der Waals surface area contributed by atoms with Gasteiger partial charge in [0.2, 0.25) is 5.91 Å². The summed E-state index contributed by atoms with van der Waals surface area (Å²) in [6.07, 6.45) is 0. The second-order valence-electron chi connectivity index (χ2n) is 7.29. The lowest BCUT2D eigenvalue weighted by molar-refractivity contribution is -0.114. The Morgan fingerprint density at radius 2 is 1.61 bits per heavy atom. The summed E-state index contributed by atoms with van der Waals surface area (Å²) in [7, 11) is -3.97. The van der Waals surface area contributed by atoms with E-state index in [1.807, 2.05) is 32.9 Å². The molecule has 0 aromatic heterocycles. The lowest BCUT2D eigenvalue weighted by Crippen LogP contribution is -2.38. The second kappa shape index (κ2) is 9.42. The molecule has 31 heavy (non-hydrogen) atoms. The van der Waals surface area contributed by atoms with Gasteiger partial charge < -0.3 is 5.32 Å². The van der Waals surface area contributed by atoms with Crippen LogP contribution < -0.4 is 9.62 Å². The summed E-state index contributed by atoms with van der Waals surface area (Å²) < 4.78 is 28.8. The fraction of sp³-hybridized carbons (Fsp3) is 0.174. The van der Waals surface area contributed by atoms with Gasteiger partial charge in [-0.2, -0.15) is 0 Å². The first-order chi connectivity index (χ1) is 14.6. The molecule has 0 atom stereocenters. The van der Waals surface area contributed by atoms with E-state index in [-0.39, 0.29) is 11.4 Å². The van der Waals surface area contributed by atoms with Gasteiger partial charge in [0.05, 0.1) is 15.6 Å². The van der Waals surface area contributed by atoms with Gasteiger partial charge in [0, 0.05) is 10.2 Å². The van der Waals surface area contributed by atoms with Crippen molar-refractivity contribution in [1.82, 2.24) is 0 Å². The van der Waals surface area contributed by atoms with Crippen LogP contribution in [0.3, 0.4) is 0 Å². The number of carbonyl (C=O) groups excluding carboxylic acids is 1. The molecule has 0 bridgehead atoms. The molecule has 5 nitrogen and oxygen atoms in total. The number of hydrogen-bond donors (Lipinski definition) is 1. The number of sulfonamides is 1. The Morgan fingerprint density at radius 3 is 2.23 bits per heavy atom. The van der Waals surface area contributed by atoms with E-state index < -0.39 is 15.9 Å². The number of aryl methyl sites for hydroxylation is 3. The molecule has 0 aliphatic heterocycles. The van der Waals surface area contributed by atoms with Crippen LogP contribution in [-0.2, 0) is 14.8 Å². The number of amides is 1. The van der Waals surface area contributed by atoms with Crippen molar-refractivity contribution in [3.8, 4) is 0 Å². The molecule has 3 aromatic rings. The van der Waals surface area contributed by atoms with Crippen molar-refractivity contribution in [1.29, 1.82) is 0 Å². The zero-order valence-corrected chi connectivity index (χ0v) is 20.5. The van der Waals surface area contributed by atoms with Crippen LogP contribution >= 0.6 is 27.5 Å². The molecular weight excluding hydrogens is 500 g/mol. The average Bonchev–Trinajstić information content (AvgIpc) is 2.70. The second-order valence-corrected chi connectivity index (χ2v) is 10.4. The molecule has 0 spiro atoms. The average molecular weight is 522 g/mol.